The van der Waals surface area contributed by atoms with Gasteiger partial charge in [-0.3, -0.25) is 0 Å². The van der Waals surface area contributed by atoms with Crippen LogP contribution in [0.4, 0.5) is 5.82 Å². The van der Waals surface area contributed by atoms with Crippen LogP contribution in [0.5, 0.6) is 0 Å². The monoisotopic (exact) mass is 267 g/mol. The molecule has 0 atom stereocenters. The summed E-state index contributed by atoms with van der Waals surface area (Å²) in [6.07, 6.45) is 1.20. The van der Waals surface area contributed by atoms with E-state index in [1.807, 2.05) is 19.9 Å². The summed E-state index contributed by atoms with van der Waals surface area (Å²) in [4.78, 5) is 6.02. The molecule has 0 radical (unpaired) electrons. The van der Waals surface area contributed by atoms with Gasteiger partial charge in [0.15, 0.2) is 0 Å². The summed E-state index contributed by atoms with van der Waals surface area (Å²) in [7, 11) is -1.28. The van der Waals surface area contributed by atoms with Gasteiger partial charge >= 0.3 is 0 Å². The summed E-state index contributed by atoms with van der Waals surface area (Å²) in [5, 5.41) is 9.13. The van der Waals surface area contributed by atoms with Gasteiger partial charge in [-0.2, -0.15) is 5.26 Å². The first-order chi connectivity index (χ1) is 8.24. The highest BCUT2D eigenvalue weighted by Gasteiger charge is 2.14. The van der Waals surface area contributed by atoms with Gasteiger partial charge in [0.1, 0.15) is 21.7 Å². The first-order valence-electron chi connectivity index (χ1n) is 5.52. The lowest BCUT2D eigenvalue weighted by Gasteiger charge is -2.20. The maximum atomic E-state index is 11.1. The third-order valence-electron chi connectivity index (χ3n) is 2.60. The topological polar surface area (TPSA) is 74.1 Å². The number of hydrogen-bond acceptors (Lipinski definition) is 5. The summed E-state index contributed by atoms with van der Waals surface area (Å²) >= 11 is 0. The molecule has 6 heteroatoms. The van der Waals surface area contributed by atoms with Crippen molar-refractivity contribution in [3.63, 3.8) is 0 Å². The molecule has 0 N–H and O–H groups in total. The molecular formula is C12H17N3O2S. The van der Waals surface area contributed by atoms with E-state index in [0.29, 0.717) is 17.9 Å². The van der Waals surface area contributed by atoms with Crippen molar-refractivity contribution in [3.05, 3.63) is 22.9 Å². The van der Waals surface area contributed by atoms with E-state index in [-0.39, 0.29) is 5.75 Å². The van der Waals surface area contributed by atoms with E-state index < -0.39 is 9.84 Å². The van der Waals surface area contributed by atoms with E-state index in [1.54, 1.807) is 11.9 Å². The molecule has 0 saturated carbocycles. The van der Waals surface area contributed by atoms with Crippen molar-refractivity contribution in [1.82, 2.24) is 4.98 Å². The zero-order chi connectivity index (χ0) is 13.9. The van der Waals surface area contributed by atoms with Crippen molar-refractivity contribution in [2.75, 3.05) is 30.5 Å². The Hall–Kier alpha value is -1.61. The second kappa shape index (κ2) is 5.36. The number of nitrogens with zero attached hydrogens (tertiary/aromatic N) is 3. The lowest BCUT2D eigenvalue weighted by Crippen LogP contribution is -2.26. The molecule has 98 valence electrons. The normalized spacial score (nSPS) is 11.1. The molecule has 1 aromatic heterocycles. The lowest BCUT2D eigenvalue weighted by molar-refractivity contribution is 0.601. The van der Waals surface area contributed by atoms with Crippen LogP contribution in [0.2, 0.25) is 0 Å². The van der Waals surface area contributed by atoms with Crippen LogP contribution in [0.3, 0.4) is 0 Å². The zero-order valence-corrected chi connectivity index (χ0v) is 11.9. The fraction of sp³-hybridized carbons (Fsp3) is 0.500. The lowest BCUT2D eigenvalue weighted by atomic mass is 10.1. The predicted molar refractivity (Wildman–Crippen MR) is 71.4 cm³/mol. The first-order valence-corrected chi connectivity index (χ1v) is 7.58. The highest BCUT2D eigenvalue weighted by atomic mass is 32.2. The van der Waals surface area contributed by atoms with Gasteiger partial charge in [0.25, 0.3) is 0 Å². The average Bonchev–Trinajstić information content (AvgIpc) is 2.24. The van der Waals surface area contributed by atoms with E-state index in [1.165, 1.54) is 6.26 Å². The van der Waals surface area contributed by atoms with Gasteiger partial charge in [-0.1, -0.05) is 0 Å². The maximum absolute atomic E-state index is 11.1. The number of aryl methyl sites for hydroxylation is 2. The van der Waals surface area contributed by atoms with E-state index in [4.69, 9.17) is 5.26 Å². The van der Waals surface area contributed by atoms with E-state index in [9.17, 15) is 8.42 Å². The molecule has 0 aliphatic rings. The number of hydrogen-bond donors (Lipinski definition) is 0. The largest absolute Gasteiger partial charge is 0.358 e. The Morgan fingerprint density at radius 2 is 2.06 bits per heavy atom. The molecule has 0 bridgehead atoms. The fourth-order valence-electron chi connectivity index (χ4n) is 1.64. The molecule has 5 nitrogen and oxygen atoms in total. The second-order valence-corrected chi connectivity index (χ2v) is 6.70. The fourth-order valence-corrected chi connectivity index (χ4v) is 2.25. The summed E-state index contributed by atoms with van der Waals surface area (Å²) in [5.41, 5.74) is 2.16. The Morgan fingerprint density at radius 3 is 2.56 bits per heavy atom. The molecule has 1 heterocycles. The molecule has 0 saturated heterocycles. The van der Waals surface area contributed by atoms with Crippen LogP contribution in [0.1, 0.15) is 16.8 Å². The quantitative estimate of drug-likeness (QED) is 0.815. The van der Waals surface area contributed by atoms with Gasteiger partial charge in [0, 0.05) is 25.5 Å². The molecule has 1 aromatic rings. The number of nitriles is 1. The van der Waals surface area contributed by atoms with Crippen LogP contribution in [0.15, 0.2) is 6.07 Å². The maximum Gasteiger partial charge on any atom is 0.149 e. The average molecular weight is 267 g/mol. The van der Waals surface area contributed by atoms with Crippen molar-refractivity contribution < 1.29 is 8.42 Å². The van der Waals surface area contributed by atoms with Gasteiger partial charge in [0.2, 0.25) is 0 Å². The van der Waals surface area contributed by atoms with Crippen molar-refractivity contribution in [3.8, 4) is 6.07 Å². The van der Waals surface area contributed by atoms with Crippen LogP contribution in [-0.4, -0.2) is 39.0 Å². The first kappa shape index (κ1) is 14.5. The summed E-state index contributed by atoms with van der Waals surface area (Å²) < 4.78 is 22.3. The third kappa shape index (κ3) is 3.70. The Kier molecular flexibility index (Phi) is 4.30. The molecule has 0 aliphatic heterocycles. The molecule has 0 unspecified atom stereocenters. The van der Waals surface area contributed by atoms with Crippen LogP contribution in [0.25, 0.3) is 0 Å². The minimum Gasteiger partial charge on any atom is -0.358 e. The number of rotatable bonds is 4. The van der Waals surface area contributed by atoms with E-state index >= 15 is 0 Å². The van der Waals surface area contributed by atoms with E-state index in [0.717, 1.165) is 11.3 Å². The number of anilines is 1. The molecule has 18 heavy (non-hydrogen) atoms. The van der Waals surface area contributed by atoms with Crippen LogP contribution in [0, 0.1) is 25.2 Å². The van der Waals surface area contributed by atoms with Gasteiger partial charge in [0.05, 0.1) is 11.3 Å². The van der Waals surface area contributed by atoms with Crippen molar-refractivity contribution in [2.24, 2.45) is 0 Å². The molecule has 0 spiro atoms. The Bertz CT molecular complexity index is 588. The summed E-state index contributed by atoms with van der Waals surface area (Å²) in [6, 6.07) is 3.96. The molecule has 0 amide bonds. The smallest absolute Gasteiger partial charge is 0.149 e. The van der Waals surface area contributed by atoms with Gasteiger partial charge in [-0.05, 0) is 25.5 Å². The molecule has 0 aliphatic carbocycles. The SMILES string of the molecule is Cc1cc(C)c(C#N)c(N(C)CCS(C)(=O)=O)n1. The Labute approximate surface area is 108 Å². The van der Waals surface area contributed by atoms with Gasteiger partial charge in [-0.15, -0.1) is 0 Å². The minimum absolute atomic E-state index is 0.0447. The molecular weight excluding hydrogens is 250 g/mol. The Morgan fingerprint density at radius 1 is 1.44 bits per heavy atom. The number of pyridine rings is 1. The summed E-state index contributed by atoms with van der Waals surface area (Å²) in [5.74, 6) is 0.585. The van der Waals surface area contributed by atoms with Crippen molar-refractivity contribution >= 4 is 15.7 Å². The predicted octanol–water partition coefficient (Wildman–Crippen LogP) is 1.05. The molecule has 0 fully saturated rings. The highest BCUT2D eigenvalue weighted by molar-refractivity contribution is 7.90. The molecule has 0 aromatic carbocycles. The minimum atomic E-state index is -3.02. The van der Waals surface area contributed by atoms with Crippen LogP contribution in [-0.2, 0) is 9.84 Å². The van der Waals surface area contributed by atoms with Crippen molar-refractivity contribution in [2.45, 2.75) is 13.8 Å². The second-order valence-electron chi connectivity index (χ2n) is 4.44. The summed E-state index contributed by atoms with van der Waals surface area (Å²) in [6.45, 7) is 4.02. The Balaban J connectivity index is 3.06. The third-order valence-corrected chi connectivity index (χ3v) is 3.52. The standard InChI is InChI=1S/C12H17N3O2S/c1-9-7-10(2)14-12(11(9)8-13)15(3)5-6-18(4,16)17/h7H,5-6H2,1-4H3. The van der Waals surface area contributed by atoms with Crippen molar-refractivity contribution in [1.29, 1.82) is 5.26 Å². The number of sulfone groups is 1. The molecule has 1 rings (SSSR count). The van der Waals surface area contributed by atoms with Crippen LogP contribution >= 0.6 is 0 Å². The highest BCUT2D eigenvalue weighted by Crippen LogP contribution is 2.20. The zero-order valence-electron chi connectivity index (χ0n) is 11.1. The van der Waals surface area contributed by atoms with Crippen LogP contribution < -0.4 is 4.90 Å². The van der Waals surface area contributed by atoms with Gasteiger partial charge < -0.3 is 4.90 Å². The van der Waals surface area contributed by atoms with Gasteiger partial charge in [-0.25, -0.2) is 13.4 Å². The number of aromatic nitrogens is 1. The van der Waals surface area contributed by atoms with E-state index in [2.05, 4.69) is 11.1 Å².